The van der Waals surface area contributed by atoms with Crippen molar-refractivity contribution < 1.29 is 37.4 Å². The molecular weight excluding hydrogens is 959 g/mol. The Kier molecular flexibility index (Phi) is 14.1. The predicted octanol–water partition coefficient (Wildman–Crippen LogP) is 10.8. The number of piperidine rings is 1. The second-order valence-electron chi connectivity index (χ2n) is 23.1. The minimum absolute atomic E-state index is 0.0175. The van der Waals surface area contributed by atoms with Crippen LogP contribution in [0.4, 0.5) is 29.7 Å². The zero-order valence-corrected chi connectivity index (χ0v) is 43.3. The highest BCUT2D eigenvalue weighted by atomic mass is 19.1. The van der Waals surface area contributed by atoms with Crippen LogP contribution in [0.1, 0.15) is 176 Å². The summed E-state index contributed by atoms with van der Waals surface area (Å²) in [5, 5.41) is 0. The molecule has 16 nitrogen and oxygen atoms in total. The Morgan fingerprint density at radius 3 is 1.53 bits per heavy atom. The van der Waals surface area contributed by atoms with Crippen LogP contribution in [0.3, 0.4) is 0 Å². The molecule has 4 aliphatic heterocycles. The molecule has 6 fully saturated rings. The van der Waals surface area contributed by atoms with E-state index in [0.717, 1.165) is 123 Å². The van der Waals surface area contributed by atoms with Gasteiger partial charge in [0.15, 0.2) is 23.8 Å². The first-order valence-electron chi connectivity index (χ1n) is 27.7. The van der Waals surface area contributed by atoms with Crippen LogP contribution in [-0.4, -0.2) is 92.1 Å². The van der Waals surface area contributed by atoms with E-state index in [-0.39, 0.29) is 58.9 Å². The standard InChI is InChI=1S/C57H72F2N10O6/c1-57(2)23-21-34(22-24-57)50(75-56(61)73)54(71)68-28-10-14-47(68)52-63-41-18-16-36(30-43(41)65-52)45-20-19-44(69(45)37-31-38(58)48(39(59)32-37)66-25-7-4-8-26-66)35-15-17-40-42(29-35)64-51(62-40)46-13-9-27-67(46)53(70)49(74-55(60)72)33-11-5-3-6-12-33/h15-18,29-34,44-47,49-50H,3-14,19-28H2,1-2H3,(H2,60,72)(H2,61,73)(H,62,64)(H,63,65)/t44-,45-,46+,47+,49+,50+/m1/s1. The van der Waals surface area contributed by atoms with E-state index in [0.29, 0.717) is 69.2 Å². The molecule has 400 valence electrons. The number of aromatic nitrogens is 4. The van der Waals surface area contributed by atoms with Gasteiger partial charge >= 0.3 is 12.2 Å². The Bertz CT molecular complexity index is 2910. The fourth-order valence-corrected chi connectivity index (χ4v) is 13.8. The lowest BCUT2D eigenvalue weighted by molar-refractivity contribution is -0.145. The Morgan fingerprint density at radius 1 is 0.587 bits per heavy atom. The van der Waals surface area contributed by atoms with Gasteiger partial charge in [-0.05, 0) is 149 Å². The minimum Gasteiger partial charge on any atom is -0.436 e. The van der Waals surface area contributed by atoms with Gasteiger partial charge in [-0.2, -0.15) is 0 Å². The molecule has 4 amide bonds. The zero-order chi connectivity index (χ0) is 52.1. The highest BCUT2D eigenvalue weighted by Gasteiger charge is 2.45. The highest BCUT2D eigenvalue weighted by Crippen LogP contribution is 2.49. The molecule has 18 heteroatoms. The molecule has 6 N–H and O–H groups in total. The van der Waals surface area contributed by atoms with Gasteiger partial charge in [0.25, 0.3) is 11.8 Å². The highest BCUT2D eigenvalue weighted by molar-refractivity contribution is 5.86. The van der Waals surface area contributed by atoms with Crippen molar-refractivity contribution in [1.29, 1.82) is 0 Å². The number of ether oxygens (including phenoxy) is 2. The maximum atomic E-state index is 16.5. The molecule has 2 aliphatic carbocycles. The topological polar surface area (TPSA) is 209 Å². The number of carbonyl (C=O) groups excluding carboxylic acids is 4. The van der Waals surface area contributed by atoms with Gasteiger partial charge in [0.1, 0.15) is 17.3 Å². The summed E-state index contributed by atoms with van der Waals surface area (Å²) in [5.74, 6) is -0.553. The van der Waals surface area contributed by atoms with Crippen molar-refractivity contribution in [3.8, 4) is 0 Å². The van der Waals surface area contributed by atoms with Gasteiger partial charge in [-0.3, -0.25) is 9.59 Å². The lowest BCUT2D eigenvalue weighted by atomic mass is 9.71. The van der Waals surface area contributed by atoms with Gasteiger partial charge in [-0.15, -0.1) is 0 Å². The van der Waals surface area contributed by atoms with Crippen molar-refractivity contribution in [3.63, 3.8) is 0 Å². The van der Waals surface area contributed by atoms with Gasteiger partial charge in [-0.25, -0.2) is 28.3 Å². The van der Waals surface area contributed by atoms with E-state index in [1.54, 1.807) is 9.80 Å². The molecule has 2 saturated carbocycles. The second-order valence-corrected chi connectivity index (χ2v) is 23.1. The number of halogens is 2. The average molecular weight is 1030 g/mol. The first-order valence-corrected chi connectivity index (χ1v) is 27.7. The van der Waals surface area contributed by atoms with Gasteiger partial charge in [0.05, 0.1) is 46.2 Å². The predicted molar refractivity (Wildman–Crippen MR) is 280 cm³/mol. The SMILES string of the molecule is CC1(C)CCC([C@H](OC(N)=O)C(=O)N2CCC[C@H]2c2nc3ccc([C@H]4CC[C@H](c5ccc6nc([C@@H]7CCCN7C(=O)[C@@H](OC(N)=O)C7CCCCC7)[nH]c6c5)N4c4cc(F)c(N5CCCCC5)c(F)c4)cc3[nH]2)CC1. The molecule has 0 spiro atoms. The van der Waals surface area contributed by atoms with E-state index in [4.69, 9.17) is 30.9 Å². The van der Waals surface area contributed by atoms with E-state index in [1.165, 1.54) is 12.1 Å². The molecule has 0 radical (unpaired) electrons. The van der Waals surface area contributed by atoms with Gasteiger partial charge in [0.2, 0.25) is 0 Å². The Hall–Kier alpha value is -6.46. The van der Waals surface area contributed by atoms with Gasteiger partial charge < -0.3 is 50.5 Å². The number of amides is 4. The molecule has 11 rings (SSSR count). The van der Waals surface area contributed by atoms with Crippen molar-refractivity contribution in [3.05, 3.63) is 82.9 Å². The molecule has 2 aromatic heterocycles. The van der Waals surface area contributed by atoms with E-state index < -0.39 is 36.0 Å². The van der Waals surface area contributed by atoms with Crippen LogP contribution in [-0.2, 0) is 19.1 Å². The molecule has 4 saturated heterocycles. The summed E-state index contributed by atoms with van der Waals surface area (Å²) in [6.45, 7) is 6.66. The lowest BCUT2D eigenvalue weighted by Gasteiger charge is -2.38. The summed E-state index contributed by atoms with van der Waals surface area (Å²) in [5.41, 5.74) is 16.6. The monoisotopic (exact) mass is 1030 g/mol. The number of fused-ring (bicyclic) bond motifs is 2. The molecule has 3 aromatic carbocycles. The van der Waals surface area contributed by atoms with Crippen molar-refractivity contribution in [1.82, 2.24) is 29.7 Å². The third-order valence-corrected chi connectivity index (χ3v) is 17.7. The van der Waals surface area contributed by atoms with Crippen molar-refractivity contribution >= 4 is 57.4 Å². The van der Waals surface area contributed by atoms with Crippen LogP contribution in [0.15, 0.2) is 48.5 Å². The number of hydrogen-bond acceptors (Lipinski definition) is 10. The number of nitrogens with one attached hydrogen (secondary N) is 2. The number of carbonyl (C=O) groups is 4. The fraction of sp³-hybridized carbons (Fsp3) is 0.579. The second kappa shape index (κ2) is 20.9. The van der Waals surface area contributed by atoms with Crippen LogP contribution in [0.25, 0.3) is 22.1 Å². The van der Waals surface area contributed by atoms with E-state index >= 15 is 8.78 Å². The van der Waals surface area contributed by atoms with Gasteiger partial charge in [-0.1, -0.05) is 45.2 Å². The molecule has 6 heterocycles. The minimum atomic E-state index is -0.959. The third kappa shape index (κ3) is 10.2. The summed E-state index contributed by atoms with van der Waals surface area (Å²) in [4.78, 5) is 77.5. The molecule has 5 aromatic rings. The van der Waals surface area contributed by atoms with Crippen molar-refractivity contribution in [2.24, 2.45) is 28.7 Å². The number of nitrogens with two attached hydrogens (primary N) is 2. The number of nitrogens with zero attached hydrogens (tertiary/aromatic N) is 6. The Labute approximate surface area is 436 Å². The number of likely N-dealkylation sites (tertiary alicyclic amines) is 2. The number of primary amides is 2. The Morgan fingerprint density at radius 2 is 1.05 bits per heavy atom. The van der Waals surface area contributed by atoms with Crippen LogP contribution in [0.5, 0.6) is 0 Å². The third-order valence-electron chi connectivity index (χ3n) is 17.7. The number of aromatic amines is 2. The van der Waals surface area contributed by atoms with Crippen LogP contribution in [0, 0.1) is 28.9 Å². The van der Waals surface area contributed by atoms with Crippen LogP contribution in [0.2, 0.25) is 0 Å². The number of rotatable bonds is 12. The number of H-pyrrole nitrogens is 2. The van der Waals surface area contributed by atoms with E-state index in [2.05, 4.69) is 40.8 Å². The average Bonchev–Trinajstić information content (AvgIpc) is 4.28. The number of hydrogen-bond donors (Lipinski definition) is 4. The first kappa shape index (κ1) is 50.7. The number of benzene rings is 3. The summed E-state index contributed by atoms with van der Waals surface area (Å²) < 4.78 is 44.2. The summed E-state index contributed by atoms with van der Waals surface area (Å²) in [7, 11) is 0. The summed E-state index contributed by atoms with van der Waals surface area (Å²) in [6.07, 6.45) is 11.3. The lowest BCUT2D eigenvalue weighted by Crippen LogP contribution is -2.47. The van der Waals surface area contributed by atoms with Gasteiger partial charge in [0, 0.05) is 43.7 Å². The van der Waals surface area contributed by atoms with E-state index in [1.807, 2.05) is 29.2 Å². The Balaban J connectivity index is 0.891. The number of imidazole rings is 2. The van der Waals surface area contributed by atoms with Crippen molar-refractivity contribution in [2.45, 2.75) is 166 Å². The fourth-order valence-electron chi connectivity index (χ4n) is 13.8. The van der Waals surface area contributed by atoms with Crippen LogP contribution >= 0.6 is 0 Å². The normalized spacial score (nSPS) is 24.5. The number of anilines is 2. The summed E-state index contributed by atoms with van der Waals surface area (Å²) in [6, 6.07) is 13.8. The molecular formula is C57H72F2N10O6. The molecule has 0 bridgehead atoms. The maximum absolute atomic E-state index is 16.5. The molecule has 0 unspecified atom stereocenters. The molecule has 6 atom stereocenters. The maximum Gasteiger partial charge on any atom is 0.405 e. The van der Waals surface area contributed by atoms with Crippen molar-refractivity contribution in [2.75, 3.05) is 36.0 Å². The molecule has 6 aliphatic rings. The first-order chi connectivity index (χ1) is 36.2. The summed E-state index contributed by atoms with van der Waals surface area (Å²) >= 11 is 0. The van der Waals surface area contributed by atoms with Crippen LogP contribution < -0.4 is 21.3 Å². The zero-order valence-electron chi connectivity index (χ0n) is 43.3. The largest absolute Gasteiger partial charge is 0.436 e. The smallest absolute Gasteiger partial charge is 0.405 e. The van der Waals surface area contributed by atoms with E-state index in [9.17, 15) is 19.2 Å². The molecule has 75 heavy (non-hydrogen) atoms. The quantitative estimate of drug-likeness (QED) is 0.0929.